The van der Waals surface area contributed by atoms with E-state index in [2.05, 4.69) is 0 Å². The van der Waals surface area contributed by atoms with Gasteiger partial charge in [0, 0.05) is 6.42 Å². The van der Waals surface area contributed by atoms with Crippen LogP contribution < -0.4 is 0 Å². The molecule has 8 nitrogen and oxygen atoms in total. The number of carboxylic acids is 3. The van der Waals surface area contributed by atoms with Crippen LogP contribution in [0, 0.1) is 11.3 Å². The minimum atomic E-state index is -3.18. The fraction of sp³-hybridized carbons (Fsp3) is 0.667. The van der Waals surface area contributed by atoms with Gasteiger partial charge in [-0.2, -0.15) is 0 Å². The average molecular weight is 290 g/mol. The zero-order valence-electron chi connectivity index (χ0n) is 11.4. The highest BCUT2D eigenvalue weighted by Crippen LogP contribution is 2.29. The molecule has 20 heavy (non-hydrogen) atoms. The molecule has 0 aromatic heterocycles. The van der Waals surface area contributed by atoms with Crippen LogP contribution in [0.2, 0.25) is 0 Å². The Balaban J connectivity index is 5.63. The van der Waals surface area contributed by atoms with Crippen LogP contribution in [0.15, 0.2) is 0 Å². The van der Waals surface area contributed by atoms with Gasteiger partial charge in [0.1, 0.15) is 0 Å². The number of aliphatic carboxylic acids is 3. The zero-order chi connectivity index (χ0) is 16.3. The molecule has 0 saturated heterocycles. The van der Waals surface area contributed by atoms with Gasteiger partial charge in [-0.05, 0) is 5.41 Å². The van der Waals surface area contributed by atoms with Gasteiger partial charge < -0.3 is 20.4 Å². The molecule has 0 fully saturated rings. The van der Waals surface area contributed by atoms with E-state index in [1.54, 1.807) is 20.8 Å². The van der Waals surface area contributed by atoms with Crippen LogP contribution in [0.1, 0.15) is 33.6 Å². The molecule has 0 amide bonds. The maximum absolute atomic E-state index is 11.9. The molecular weight excluding hydrogens is 272 g/mol. The fourth-order valence-corrected chi connectivity index (χ4v) is 1.76. The summed E-state index contributed by atoms with van der Waals surface area (Å²) in [5.41, 5.74) is -3.81. The Morgan fingerprint density at radius 2 is 1.40 bits per heavy atom. The number of aliphatic hydroxyl groups is 1. The van der Waals surface area contributed by atoms with E-state index in [0.717, 1.165) is 0 Å². The van der Waals surface area contributed by atoms with Gasteiger partial charge in [-0.25, -0.2) is 4.79 Å². The Morgan fingerprint density at radius 3 is 1.65 bits per heavy atom. The van der Waals surface area contributed by atoms with E-state index in [9.17, 15) is 24.3 Å². The predicted octanol–water partition coefficient (Wildman–Crippen LogP) is -0.0171. The summed E-state index contributed by atoms with van der Waals surface area (Å²) < 4.78 is 0. The maximum atomic E-state index is 11.9. The van der Waals surface area contributed by atoms with E-state index in [0.29, 0.717) is 0 Å². The highest BCUT2D eigenvalue weighted by atomic mass is 16.4. The summed E-state index contributed by atoms with van der Waals surface area (Å²) >= 11 is 0. The quantitative estimate of drug-likeness (QED) is 0.478. The van der Waals surface area contributed by atoms with Gasteiger partial charge in [-0.15, -0.1) is 0 Å². The highest BCUT2D eigenvalue weighted by molar-refractivity contribution is 6.05. The van der Waals surface area contributed by atoms with Crippen LogP contribution in [0.4, 0.5) is 0 Å². The molecule has 114 valence electrons. The van der Waals surface area contributed by atoms with Gasteiger partial charge in [-0.1, -0.05) is 20.8 Å². The lowest BCUT2D eigenvalue weighted by molar-refractivity contribution is -0.181. The Bertz CT molecular complexity index is 433. The largest absolute Gasteiger partial charge is 0.481 e. The molecule has 0 aromatic rings. The van der Waals surface area contributed by atoms with Crippen LogP contribution in [-0.4, -0.2) is 49.7 Å². The zero-order valence-corrected chi connectivity index (χ0v) is 11.4. The summed E-state index contributed by atoms with van der Waals surface area (Å²) in [6, 6.07) is 0. The van der Waals surface area contributed by atoms with Crippen molar-refractivity contribution in [2.24, 2.45) is 11.3 Å². The second-order valence-corrected chi connectivity index (χ2v) is 5.77. The normalized spacial score (nSPS) is 16.0. The predicted molar refractivity (Wildman–Crippen MR) is 65.0 cm³/mol. The molecular formula is C12H18O8. The molecule has 0 aromatic carbocycles. The van der Waals surface area contributed by atoms with Crippen LogP contribution in [0.5, 0.6) is 0 Å². The van der Waals surface area contributed by atoms with Crippen molar-refractivity contribution in [2.75, 3.05) is 0 Å². The number of Topliss-reactive ketones (excluding diaryl/α,β-unsaturated/α-hetero) is 1. The SMILES string of the molecule is CC(C)(C)CC(=O)C(C(=O)O)C(O)(CC(=O)O)C(=O)O. The summed E-state index contributed by atoms with van der Waals surface area (Å²) in [5.74, 6) is -9.02. The number of carbonyl (C=O) groups is 4. The second kappa shape index (κ2) is 6.00. The summed E-state index contributed by atoms with van der Waals surface area (Å²) in [5, 5.41) is 36.4. The number of ketones is 1. The molecule has 8 heteroatoms. The van der Waals surface area contributed by atoms with Crippen molar-refractivity contribution in [1.29, 1.82) is 0 Å². The third kappa shape index (κ3) is 4.61. The third-order valence-electron chi connectivity index (χ3n) is 2.54. The van der Waals surface area contributed by atoms with E-state index in [1.165, 1.54) is 0 Å². The molecule has 2 atom stereocenters. The monoisotopic (exact) mass is 290 g/mol. The fourth-order valence-electron chi connectivity index (χ4n) is 1.76. The van der Waals surface area contributed by atoms with Crippen LogP contribution >= 0.6 is 0 Å². The standard InChI is InChI=1S/C12H18O8/c1-11(2,3)4-6(13)8(9(16)17)12(20,10(18)19)5-7(14)15/h8,20H,4-5H2,1-3H3,(H,14,15)(H,16,17)(H,18,19). The Hall–Kier alpha value is -1.96. The first-order valence-electron chi connectivity index (χ1n) is 5.74. The summed E-state index contributed by atoms with van der Waals surface area (Å²) in [6.45, 7) is 4.88. The van der Waals surface area contributed by atoms with Crippen LogP contribution in [0.3, 0.4) is 0 Å². The summed E-state index contributed by atoms with van der Waals surface area (Å²) in [4.78, 5) is 44.7. The van der Waals surface area contributed by atoms with Gasteiger partial charge in [0.2, 0.25) is 0 Å². The topological polar surface area (TPSA) is 149 Å². The first kappa shape index (κ1) is 18.0. The molecule has 0 aliphatic heterocycles. The number of carbonyl (C=O) groups excluding carboxylic acids is 1. The van der Waals surface area contributed by atoms with Gasteiger partial charge in [0.15, 0.2) is 17.3 Å². The molecule has 0 saturated carbocycles. The molecule has 4 N–H and O–H groups in total. The van der Waals surface area contributed by atoms with Gasteiger partial charge >= 0.3 is 17.9 Å². The minimum absolute atomic E-state index is 0.306. The lowest BCUT2D eigenvalue weighted by Gasteiger charge is -2.29. The molecule has 2 unspecified atom stereocenters. The van der Waals surface area contributed by atoms with Crippen molar-refractivity contribution in [1.82, 2.24) is 0 Å². The Morgan fingerprint density at radius 1 is 0.950 bits per heavy atom. The molecule has 0 radical (unpaired) electrons. The van der Waals surface area contributed by atoms with Gasteiger partial charge in [0.05, 0.1) is 6.42 Å². The first-order chi connectivity index (χ1) is 8.81. The molecule has 0 aliphatic rings. The van der Waals surface area contributed by atoms with E-state index in [-0.39, 0.29) is 6.42 Å². The van der Waals surface area contributed by atoms with Crippen molar-refractivity contribution in [3.05, 3.63) is 0 Å². The van der Waals surface area contributed by atoms with Crippen molar-refractivity contribution in [2.45, 2.75) is 39.2 Å². The molecule has 0 aliphatic carbocycles. The van der Waals surface area contributed by atoms with Gasteiger partial charge in [-0.3, -0.25) is 14.4 Å². The average Bonchev–Trinajstić information content (AvgIpc) is 2.11. The van der Waals surface area contributed by atoms with Crippen LogP contribution in [-0.2, 0) is 19.2 Å². The van der Waals surface area contributed by atoms with E-state index in [1.807, 2.05) is 0 Å². The number of hydrogen-bond acceptors (Lipinski definition) is 5. The molecule has 0 bridgehead atoms. The van der Waals surface area contributed by atoms with Crippen LogP contribution in [0.25, 0.3) is 0 Å². The maximum Gasteiger partial charge on any atom is 0.337 e. The number of rotatable bonds is 7. The van der Waals surface area contributed by atoms with Crippen molar-refractivity contribution in [3.8, 4) is 0 Å². The first-order valence-corrected chi connectivity index (χ1v) is 5.74. The van der Waals surface area contributed by atoms with Crippen molar-refractivity contribution in [3.63, 3.8) is 0 Å². The lowest BCUT2D eigenvalue weighted by atomic mass is 9.76. The van der Waals surface area contributed by atoms with Gasteiger partial charge in [0.25, 0.3) is 0 Å². The van der Waals surface area contributed by atoms with E-state index >= 15 is 0 Å². The Labute approximate surface area is 115 Å². The minimum Gasteiger partial charge on any atom is -0.481 e. The molecule has 0 rings (SSSR count). The Kier molecular flexibility index (Phi) is 5.41. The second-order valence-electron chi connectivity index (χ2n) is 5.77. The third-order valence-corrected chi connectivity index (χ3v) is 2.54. The summed E-state index contributed by atoms with van der Waals surface area (Å²) in [6.07, 6.45) is -1.69. The molecule has 0 spiro atoms. The van der Waals surface area contributed by atoms with E-state index < -0.39 is 47.0 Å². The van der Waals surface area contributed by atoms with Crippen molar-refractivity contribution < 1.29 is 39.6 Å². The molecule has 0 heterocycles. The smallest absolute Gasteiger partial charge is 0.337 e. The summed E-state index contributed by atoms with van der Waals surface area (Å²) in [7, 11) is 0. The van der Waals surface area contributed by atoms with E-state index in [4.69, 9.17) is 15.3 Å². The number of carboxylic acid groups (broad SMARTS) is 3. The number of hydrogen-bond donors (Lipinski definition) is 4. The highest BCUT2D eigenvalue weighted by Gasteiger charge is 2.53. The van der Waals surface area contributed by atoms with Crippen molar-refractivity contribution >= 4 is 23.7 Å². The lowest BCUT2D eigenvalue weighted by Crippen LogP contribution is -2.54.